The fourth-order valence-electron chi connectivity index (χ4n) is 3.48. The monoisotopic (exact) mass is 279 g/mol. The molecule has 0 radical (unpaired) electrons. The predicted octanol–water partition coefficient (Wildman–Crippen LogP) is 4.70. The fourth-order valence-corrected chi connectivity index (χ4v) is 3.48. The molecule has 1 saturated heterocycles. The van der Waals surface area contributed by atoms with Gasteiger partial charge in [0, 0.05) is 12.6 Å². The molecule has 110 valence electrons. The van der Waals surface area contributed by atoms with E-state index >= 15 is 0 Å². The molecule has 2 atom stereocenters. The zero-order valence-electron chi connectivity index (χ0n) is 12.9. The van der Waals surface area contributed by atoms with Gasteiger partial charge in [0.15, 0.2) is 0 Å². The molecule has 2 aromatic rings. The van der Waals surface area contributed by atoms with Crippen LogP contribution in [0.5, 0.6) is 0 Å². The van der Waals surface area contributed by atoms with E-state index < -0.39 is 0 Å². The molecule has 1 aliphatic rings. The minimum atomic E-state index is 0.511. The van der Waals surface area contributed by atoms with Gasteiger partial charge in [-0.3, -0.25) is 4.90 Å². The molecular weight excluding hydrogens is 254 g/mol. The second-order valence-electron chi connectivity index (χ2n) is 6.36. The lowest BCUT2D eigenvalue weighted by atomic mass is 9.92. The summed E-state index contributed by atoms with van der Waals surface area (Å²) in [4.78, 5) is 2.69. The van der Waals surface area contributed by atoms with Crippen LogP contribution in [-0.2, 0) is 6.42 Å². The van der Waals surface area contributed by atoms with Gasteiger partial charge in [-0.05, 0) is 42.9 Å². The van der Waals surface area contributed by atoms with Crippen LogP contribution >= 0.6 is 0 Å². The van der Waals surface area contributed by atoms with Crippen molar-refractivity contribution in [2.24, 2.45) is 5.92 Å². The van der Waals surface area contributed by atoms with E-state index in [1.165, 1.54) is 37.1 Å². The van der Waals surface area contributed by atoms with Crippen LogP contribution in [0.15, 0.2) is 60.7 Å². The lowest BCUT2D eigenvalue weighted by Gasteiger charge is -2.37. The summed E-state index contributed by atoms with van der Waals surface area (Å²) in [5, 5.41) is 0. The molecule has 0 spiro atoms. The second kappa shape index (κ2) is 6.91. The number of rotatable bonds is 4. The van der Waals surface area contributed by atoms with Gasteiger partial charge >= 0.3 is 0 Å². The van der Waals surface area contributed by atoms with Crippen LogP contribution in [0.1, 0.15) is 36.9 Å². The van der Waals surface area contributed by atoms with Gasteiger partial charge in [-0.1, -0.05) is 67.6 Å². The van der Waals surface area contributed by atoms with E-state index in [1.807, 2.05) is 0 Å². The summed E-state index contributed by atoms with van der Waals surface area (Å²) >= 11 is 0. The number of benzene rings is 2. The van der Waals surface area contributed by atoms with Crippen molar-refractivity contribution in [1.29, 1.82) is 0 Å². The summed E-state index contributed by atoms with van der Waals surface area (Å²) in [6, 6.07) is 22.4. The molecule has 3 rings (SSSR count). The zero-order valence-corrected chi connectivity index (χ0v) is 12.9. The quantitative estimate of drug-likeness (QED) is 0.784. The van der Waals surface area contributed by atoms with Crippen molar-refractivity contribution in [2.75, 3.05) is 13.1 Å². The smallest absolute Gasteiger partial charge is 0.0388 e. The van der Waals surface area contributed by atoms with Crippen LogP contribution in [0.4, 0.5) is 0 Å². The first-order chi connectivity index (χ1) is 10.3. The Hall–Kier alpha value is -1.60. The van der Waals surface area contributed by atoms with Crippen molar-refractivity contribution in [2.45, 2.75) is 32.2 Å². The number of nitrogens with zero attached hydrogens (tertiary/aromatic N) is 1. The highest BCUT2D eigenvalue weighted by molar-refractivity contribution is 5.24. The Balaban J connectivity index is 1.84. The van der Waals surface area contributed by atoms with Crippen LogP contribution in [-0.4, -0.2) is 18.0 Å². The van der Waals surface area contributed by atoms with Gasteiger partial charge in [-0.25, -0.2) is 0 Å². The van der Waals surface area contributed by atoms with Crippen molar-refractivity contribution in [3.05, 3.63) is 71.8 Å². The van der Waals surface area contributed by atoms with Gasteiger partial charge in [-0.2, -0.15) is 0 Å². The van der Waals surface area contributed by atoms with E-state index in [9.17, 15) is 0 Å². The molecule has 2 aromatic carbocycles. The van der Waals surface area contributed by atoms with Crippen LogP contribution in [0, 0.1) is 5.92 Å². The van der Waals surface area contributed by atoms with Crippen molar-refractivity contribution in [1.82, 2.24) is 4.90 Å². The average molecular weight is 279 g/mol. The maximum atomic E-state index is 2.69. The Labute approximate surface area is 128 Å². The topological polar surface area (TPSA) is 3.24 Å². The van der Waals surface area contributed by atoms with Crippen molar-refractivity contribution in [3.63, 3.8) is 0 Å². The molecule has 0 amide bonds. The minimum Gasteiger partial charge on any atom is -0.296 e. The molecule has 1 fully saturated rings. The van der Waals surface area contributed by atoms with Gasteiger partial charge < -0.3 is 0 Å². The van der Waals surface area contributed by atoms with Gasteiger partial charge in [0.05, 0.1) is 0 Å². The van der Waals surface area contributed by atoms with Gasteiger partial charge in [0.1, 0.15) is 0 Å². The maximum Gasteiger partial charge on any atom is 0.0388 e. The molecule has 0 N–H and O–H groups in total. The highest BCUT2D eigenvalue weighted by atomic mass is 15.2. The Morgan fingerprint density at radius 1 is 1.00 bits per heavy atom. The molecule has 0 bridgehead atoms. The van der Waals surface area contributed by atoms with E-state index in [-0.39, 0.29) is 0 Å². The molecule has 1 nitrogen and oxygen atoms in total. The van der Waals surface area contributed by atoms with Gasteiger partial charge in [0.25, 0.3) is 0 Å². The van der Waals surface area contributed by atoms with Crippen LogP contribution in [0.3, 0.4) is 0 Å². The third-order valence-electron chi connectivity index (χ3n) is 4.59. The number of hydrogen-bond acceptors (Lipinski definition) is 1. The summed E-state index contributed by atoms with van der Waals surface area (Å²) in [7, 11) is 0. The number of piperidine rings is 1. The maximum absolute atomic E-state index is 2.69. The normalized spacial score (nSPS) is 21.1. The van der Waals surface area contributed by atoms with Crippen LogP contribution in [0.25, 0.3) is 0 Å². The molecule has 0 aromatic heterocycles. The van der Waals surface area contributed by atoms with Crippen molar-refractivity contribution >= 4 is 0 Å². The Kier molecular flexibility index (Phi) is 4.72. The Bertz CT molecular complexity index is 534. The first kappa shape index (κ1) is 14.3. The molecular formula is C20H25N. The Morgan fingerprint density at radius 2 is 1.67 bits per heavy atom. The van der Waals surface area contributed by atoms with Gasteiger partial charge in [0.2, 0.25) is 0 Å². The summed E-state index contributed by atoms with van der Waals surface area (Å²) in [6.07, 6.45) is 3.82. The lowest BCUT2D eigenvalue weighted by molar-refractivity contribution is 0.129. The summed E-state index contributed by atoms with van der Waals surface area (Å²) < 4.78 is 0. The van der Waals surface area contributed by atoms with E-state index in [2.05, 4.69) is 72.5 Å². The highest BCUT2D eigenvalue weighted by Gasteiger charge is 2.25. The number of hydrogen-bond donors (Lipinski definition) is 0. The first-order valence-electron chi connectivity index (χ1n) is 8.16. The third-order valence-corrected chi connectivity index (χ3v) is 4.59. The molecule has 1 heterocycles. The standard InChI is InChI=1S/C20H25N/c1-17-9-8-14-21(16-17)20(19-12-6-3-7-13-19)15-18-10-4-2-5-11-18/h2-7,10-13,17,20H,8-9,14-16H2,1H3/t17-,20-/m0/s1. The van der Waals surface area contributed by atoms with E-state index in [0.717, 1.165) is 12.3 Å². The lowest BCUT2D eigenvalue weighted by Crippen LogP contribution is -2.38. The molecule has 1 heteroatoms. The molecule has 0 aliphatic carbocycles. The average Bonchev–Trinajstić information content (AvgIpc) is 2.54. The molecule has 0 unspecified atom stereocenters. The van der Waals surface area contributed by atoms with Crippen molar-refractivity contribution < 1.29 is 0 Å². The van der Waals surface area contributed by atoms with E-state index in [1.54, 1.807) is 0 Å². The van der Waals surface area contributed by atoms with E-state index in [0.29, 0.717) is 6.04 Å². The highest BCUT2D eigenvalue weighted by Crippen LogP contribution is 2.29. The third kappa shape index (κ3) is 3.74. The van der Waals surface area contributed by atoms with Crippen LogP contribution < -0.4 is 0 Å². The van der Waals surface area contributed by atoms with Crippen LogP contribution in [0.2, 0.25) is 0 Å². The second-order valence-corrected chi connectivity index (χ2v) is 6.36. The zero-order chi connectivity index (χ0) is 14.5. The van der Waals surface area contributed by atoms with Gasteiger partial charge in [-0.15, -0.1) is 0 Å². The molecule has 21 heavy (non-hydrogen) atoms. The molecule has 1 aliphatic heterocycles. The predicted molar refractivity (Wildman–Crippen MR) is 89.3 cm³/mol. The Morgan fingerprint density at radius 3 is 2.33 bits per heavy atom. The summed E-state index contributed by atoms with van der Waals surface area (Å²) in [5.41, 5.74) is 2.89. The fraction of sp³-hybridized carbons (Fsp3) is 0.400. The summed E-state index contributed by atoms with van der Waals surface area (Å²) in [6.45, 7) is 4.85. The molecule has 0 saturated carbocycles. The SMILES string of the molecule is C[C@H]1CCCN([C@@H](Cc2ccccc2)c2ccccc2)C1. The minimum absolute atomic E-state index is 0.511. The van der Waals surface area contributed by atoms with Crippen molar-refractivity contribution in [3.8, 4) is 0 Å². The first-order valence-corrected chi connectivity index (χ1v) is 8.16. The van der Waals surface area contributed by atoms with E-state index in [4.69, 9.17) is 0 Å². The summed E-state index contributed by atoms with van der Waals surface area (Å²) in [5.74, 6) is 0.820. The number of likely N-dealkylation sites (tertiary alicyclic amines) is 1. The largest absolute Gasteiger partial charge is 0.296 e.